The summed E-state index contributed by atoms with van der Waals surface area (Å²) in [5.41, 5.74) is 1.55. The molecule has 0 fully saturated rings. The summed E-state index contributed by atoms with van der Waals surface area (Å²) in [6, 6.07) is 14.7. The van der Waals surface area contributed by atoms with Crippen LogP contribution in [0.4, 0.5) is 0 Å². The van der Waals surface area contributed by atoms with Gasteiger partial charge in [0.2, 0.25) is 0 Å². The molecule has 0 heterocycles. The number of carbonyl (C=O) groups excluding carboxylic acids is 1. The van der Waals surface area contributed by atoms with E-state index in [1.807, 2.05) is 36.4 Å². The van der Waals surface area contributed by atoms with E-state index >= 15 is 0 Å². The fraction of sp³-hybridized carbons (Fsp3) is 0.100. The van der Waals surface area contributed by atoms with E-state index in [1.54, 1.807) is 18.2 Å². The van der Waals surface area contributed by atoms with Crippen molar-refractivity contribution in [3.05, 3.63) is 81.3 Å². The molecular weight excluding hydrogens is 416 g/mol. The summed E-state index contributed by atoms with van der Waals surface area (Å²) in [4.78, 5) is 12.2. The van der Waals surface area contributed by atoms with E-state index < -0.39 is 5.91 Å². The summed E-state index contributed by atoms with van der Waals surface area (Å²) in [6.07, 6.45) is 3.09. The Balaban J connectivity index is 2.16. The van der Waals surface area contributed by atoms with Gasteiger partial charge < -0.3 is 10.1 Å². The van der Waals surface area contributed by atoms with Gasteiger partial charge >= 0.3 is 0 Å². The Kier molecular flexibility index (Phi) is 7.46. The third kappa shape index (κ3) is 5.48. The molecule has 0 aliphatic carbocycles. The van der Waals surface area contributed by atoms with E-state index in [-0.39, 0.29) is 5.57 Å². The van der Waals surface area contributed by atoms with Crippen LogP contribution in [-0.4, -0.2) is 12.5 Å². The molecule has 0 saturated heterocycles. The van der Waals surface area contributed by atoms with Crippen LogP contribution in [0.3, 0.4) is 0 Å². The quantitative estimate of drug-likeness (QED) is 0.386. The van der Waals surface area contributed by atoms with E-state index in [1.165, 1.54) is 6.08 Å². The molecule has 6 heteroatoms. The van der Waals surface area contributed by atoms with Crippen LogP contribution in [0.2, 0.25) is 5.02 Å². The van der Waals surface area contributed by atoms with Crippen molar-refractivity contribution in [3.8, 4) is 11.8 Å². The van der Waals surface area contributed by atoms with Gasteiger partial charge in [0, 0.05) is 6.54 Å². The second kappa shape index (κ2) is 9.81. The summed E-state index contributed by atoms with van der Waals surface area (Å²) >= 11 is 9.60. The molecule has 0 saturated carbocycles. The summed E-state index contributed by atoms with van der Waals surface area (Å²) in [7, 11) is 0. The Morgan fingerprint density at radius 3 is 2.69 bits per heavy atom. The van der Waals surface area contributed by atoms with Crippen molar-refractivity contribution in [2.75, 3.05) is 6.61 Å². The van der Waals surface area contributed by atoms with Gasteiger partial charge in [-0.25, -0.2) is 0 Å². The van der Waals surface area contributed by atoms with E-state index in [9.17, 15) is 10.1 Å². The minimum atomic E-state index is -0.449. The zero-order valence-electron chi connectivity index (χ0n) is 13.8. The minimum absolute atomic E-state index is 0.0105. The van der Waals surface area contributed by atoms with Gasteiger partial charge in [-0.3, -0.25) is 4.79 Å². The number of amides is 1. The van der Waals surface area contributed by atoms with Crippen LogP contribution in [-0.2, 0) is 11.3 Å². The van der Waals surface area contributed by atoms with Gasteiger partial charge in [0.05, 0.1) is 9.50 Å². The van der Waals surface area contributed by atoms with E-state index in [0.717, 1.165) is 5.56 Å². The fourth-order valence-electron chi connectivity index (χ4n) is 2.13. The molecule has 1 N–H and O–H groups in total. The molecule has 0 spiro atoms. The third-order valence-corrected chi connectivity index (χ3v) is 4.21. The molecule has 0 unspecified atom stereocenters. The lowest BCUT2D eigenvalue weighted by molar-refractivity contribution is -0.117. The molecule has 2 rings (SSSR count). The number of halogens is 2. The molecule has 0 aliphatic rings. The monoisotopic (exact) mass is 430 g/mol. The lowest BCUT2D eigenvalue weighted by atomic mass is 10.1. The minimum Gasteiger partial charge on any atom is -0.487 e. The summed E-state index contributed by atoms with van der Waals surface area (Å²) in [6.45, 7) is 4.25. The van der Waals surface area contributed by atoms with Crippen molar-refractivity contribution >= 4 is 39.5 Å². The van der Waals surface area contributed by atoms with Crippen LogP contribution in [0.25, 0.3) is 6.08 Å². The van der Waals surface area contributed by atoms with Crippen molar-refractivity contribution in [1.29, 1.82) is 5.26 Å². The van der Waals surface area contributed by atoms with Gasteiger partial charge in [-0.1, -0.05) is 54.6 Å². The SMILES string of the molecule is C=CCOc1c(Cl)cc(/C=C(/C#N)C(=O)NCc2ccccc2)cc1Br. The van der Waals surface area contributed by atoms with Gasteiger partial charge in [-0.05, 0) is 45.3 Å². The van der Waals surface area contributed by atoms with Crippen molar-refractivity contribution in [1.82, 2.24) is 5.32 Å². The van der Waals surface area contributed by atoms with Gasteiger partial charge in [-0.2, -0.15) is 5.26 Å². The van der Waals surface area contributed by atoms with Crippen LogP contribution >= 0.6 is 27.5 Å². The van der Waals surface area contributed by atoms with Gasteiger partial charge in [0.15, 0.2) is 5.75 Å². The van der Waals surface area contributed by atoms with Crippen LogP contribution < -0.4 is 10.1 Å². The lowest BCUT2D eigenvalue weighted by Crippen LogP contribution is -2.23. The van der Waals surface area contributed by atoms with Crippen molar-refractivity contribution < 1.29 is 9.53 Å². The zero-order valence-corrected chi connectivity index (χ0v) is 16.2. The van der Waals surface area contributed by atoms with Crippen molar-refractivity contribution in [2.24, 2.45) is 0 Å². The summed E-state index contributed by atoms with van der Waals surface area (Å²) in [5.74, 6) is 0.0336. The van der Waals surface area contributed by atoms with Crippen molar-refractivity contribution in [3.63, 3.8) is 0 Å². The second-order valence-corrected chi connectivity index (χ2v) is 6.51. The predicted octanol–water partition coefficient (Wildman–Crippen LogP) is 4.89. The number of ether oxygens (including phenoxy) is 1. The molecule has 0 aliphatic heterocycles. The highest BCUT2D eigenvalue weighted by Gasteiger charge is 2.12. The highest BCUT2D eigenvalue weighted by Crippen LogP contribution is 2.35. The Labute approximate surface area is 165 Å². The lowest BCUT2D eigenvalue weighted by Gasteiger charge is -2.09. The van der Waals surface area contributed by atoms with E-state index in [4.69, 9.17) is 16.3 Å². The Hall–Kier alpha value is -2.55. The normalized spacial score (nSPS) is 10.7. The molecule has 4 nitrogen and oxygen atoms in total. The molecule has 2 aromatic rings. The smallest absolute Gasteiger partial charge is 0.262 e. The number of hydrogen-bond donors (Lipinski definition) is 1. The number of nitriles is 1. The average molecular weight is 432 g/mol. The highest BCUT2D eigenvalue weighted by molar-refractivity contribution is 9.10. The molecular formula is C20H16BrClN2O2. The molecule has 0 aromatic heterocycles. The fourth-order valence-corrected chi connectivity index (χ4v) is 3.12. The van der Waals surface area contributed by atoms with Gasteiger partial charge in [0.1, 0.15) is 18.2 Å². The maximum atomic E-state index is 12.2. The number of benzene rings is 2. The molecule has 2 aromatic carbocycles. The topological polar surface area (TPSA) is 62.1 Å². The zero-order chi connectivity index (χ0) is 18.9. The van der Waals surface area contributed by atoms with Crippen molar-refractivity contribution in [2.45, 2.75) is 6.54 Å². The Morgan fingerprint density at radius 1 is 1.35 bits per heavy atom. The molecule has 132 valence electrons. The molecule has 1 amide bonds. The standard InChI is InChI=1S/C20H16BrClN2O2/c1-2-8-26-19-17(21)10-15(11-18(19)22)9-16(12-23)20(25)24-13-14-6-4-3-5-7-14/h2-7,9-11H,1,8,13H2,(H,24,25)/b16-9-. The van der Waals surface area contributed by atoms with Crippen LogP contribution in [0.15, 0.2) is 65.2 Å². The number of carbonyl (C=O) groups is 1. The second-order valence-electron chi connectivity index (χ2n) is 5.25. The van der Waals surface area contributed by atoms with Gasteiger partial charge in [-0.15, -0.1) is 0 Å². The first kappa shape index (κ1) is 19.8. The maximum Gasteiger partial charge on any atom is 0.262 e. The first-order valence-electron chi connectivity index (χ1n) is 7.71. The van der Waals surface area contributed by atoms with Crippen LogP contribution in [0, 0.1) is 11.3 Å². The first-order valence-corrected chi connectivity index (χ1v) is 8.89. The molecule has 26 heavy (non-hydrogen) atoms. The molecule has 0 bridgehead atoms. The van der Waals surface area contributed by atoms with Crippen LogP contribution in [0.5, 0.6) is 5.75 Å². The molecule has 0 atom stereocenters. The summed E-state index contributed by atoms with van der Waals surface area (Å²) < 4.78 is 6.10. The van der Waals surface area contributed by atoms with E-state index in [2.05, 4.69) is 27.8 Å². The average Bonchev–Trinajstić information content (AvgIpc) is 2.64. The largest absolute Gasteiger partial charge is 0.487 e. The summed E-state index contributed by atoms with van der Waals surface area (Å²) in [5, 5.41) is 12.4. The highest BCUT2D eigenvalue weighted by atomic mass is 79.9. The number of rotatable bonds is 7. The van der Waals surface area contributed by atoms with E-state index in [0.29, 0.717) is 34.0 Å². The maximum absolute atomic E-state index is 12.2. The Bertz CT molecular complexity index is 850. The number of nitrogens with zero attached hydrogens (tertiary/aromatic N) is 1. The predicted molar refractivity (Wildman–Crippen MR) is 107 cm³/mol. The third-order valence-electron chi connectivity index (χ3n) is 3.34. The Morgan fingerprint density at radius 2 is 2.08 bits per heavy atom. The van der Waals surface area contributed by atoms with Crippen LogP contribution in [0.1, 0.15) is 11.1 Å². The number of nitrogens with one attached hydrogen (secondary N) is 1. The first-order chi connectivity index (χ1) is 12.5. The van der Waals surface area contributed by atoms with Gasteiger partial charge in [0.25, 0.3) is 5.91 Å². The number of hydrogen-bond acceptors (Lipinski definition) is 3. The molecule has 0 radical (unpaired) electrons.